The van der Waals surface area contributed by atoms with E-state index >= 15 is 0 Å². The van der Waals surface area contributed by atoms with Crippen molar-refractivity contribution in [3.63, 3.8) is 0 Å². The fourth-order valence-corrected chi connectivity index (χ4v) is 3.21. The zero-order valence-corrected chi connectivity index (χ0v) is 16.4. The number of rotatable bonds is 5. The summed E-state index contributed by atoms with van der Waals surface area (Å²) in [6.07, 6.45) is -1.83. The number of anilines is 1. The van der Waals surface area contributed by atoms with Gasteiger partial charge in [0.2, 0.25) is 10.1 Å². The molecule has 1 amide bonds. The number of hydrogen-bond acceptors (Lipinski definition) is 7. The molecule has 1 N–H and O–H groups in total. The Morgan fingerprint density at radius 2 is 2.10 bits per heavy atom. The number of benzene rings is 1. The molecule has 31 heavy (non-hydrogen) atoms. The van der Waals surface area contributed by atoms with Crippen LogP contribution in [-0.4, -0.2) is 25.6 Å². The number of nitrogens with one attached hydrogen (secondary N) is 1. The summed E-state index contributed by atoms with van der Waals surface area (Å²) in [6, 6.07) is 9.16. The summed E-state index contributed by atoms with van der Waals surface area (Å²) >= 11 is 0.134. The number of amides is 1. The van der Waals surface area contributed by atoms with Crippen molar-refractivity contribution in [2.45, 2.75) is 13.1 Å². The van der Waals surface area contributed by atoms with E-state index < -0.39 is 27.1 Å². The number of nitrogens with zero attached hydrogens (tertiary/aromatic N) is 5. The first-order chi connectivity index (χ1) is 14.6. The average molecular weight is 448 g/mol. The normalized spacial score (nSPS) is 11.8. The molecule has 1 aromatic carbocycles. The van der Waals surface area contributed by atoms with Crippen molar-refractivity contribution in [2.75, 3.05) is 5.32 Å². The smallest absolute Gasteiger partial charge is 0.317 e. The predicted octanol–water partition coefficient (Wildman–Crippen LogP) is 4.11. The molecule has 3 aromatic rings. The minimum atomic E-state index is -4.70. The molecule has 0 spiro atoms. The van der Waals surface area contributed by atoms with Crippen molar-refractivity contribution in [2.24, 2.45) is 0 Å². The van der Waals surface area contributed by atoms with E-state index in [1.807, 2.05) is 0 Å². The van der Waals surface area contributed by atoms with Crippen molar-refractivity contribution < 1.29 is 22.9 Å². The molecule has 0 saturated heterocycles. The summed E-state index contributed by atoms with van der Waals surface area (Å²) < 4.78 is 39.5. The van der Waals surface area contributed by atoms with E-state index in [2.05, 4.69) is 15.5 Å². The Morgan fingerprint density at radius 1 is 1.35 bits per heavy atom. The fraction of sp³-hybridized carbons (Fsp3) is 0.111. The molecule has 0 aliphatic carbocycles. The summed E-state index contributed by atoms with van der Waals surface area (Å²) in [7, 11) is 0. The Balaban J connectivity index is 1.88. The summed E-state index contributed by atoms with van der Waals surface area (Å²) in [5.74, 6) is -0.958. The minimum Gasteiger partial charge on any atom is -0.317 e. The Morgan fingerprint density at radius 3 is 2.68 bits per heavy atom. The SMILES string of the molecule is Cc1cc([N+](=O)[O-])ccc1-n1cccc1C=C(C#N)C(=O)Nc1nnc(C(F)(F)F)s1. The van der Waals surface area contributed by atoms with Crippen molar-refractivity contribution >= 4 is 34.1 Å². The Hall–Kier alpha value is -4.05. The van der Waals surface area contributed by atoms with E-state index in [0.29, 0.717) is 16.9 Å². The van der Waals surface area contributed by atoms with Gasteiger partial charge in [-0.05, 0) is 36.8 Å². The lowest BCUT2D eigenvalue weighted by molar-refractivity contribution is -0.384. The van der Waals surface area contributed by atoms with Crippen LogP contribution >= 0.6 is 11.3 Å². The van der Waals surface area contributed by atoms with E-state index in [1.54, 1.807) is 35.9 Å². The maximum atomic E-state index is 12.6. The van der Waals surface area contributed by atoms with Gasteiger partial charge < -0.3 is 4.57 Å². The lowest BCUT2D eigenvalue weighted by atomic mass is 10.1. The second-order valence-electron chi connectivity index (χ2n) is 6.07. The molecule has 13 heteroatoms. The molecule has 2 heterocycles. The molecule has 0 bridgehead atoms. The number of alkyl halides is 3. The second kappa shape index (κ2) is 8.36. The minimum absolute atomic E-state index is 0.0853. The third-order valence-electron chi connectivity index (χ3n) is 3.98. The number of nitriles is 1. The monoisotopic (exact) mass is 448 g/mol. The lowest BCUT2D eigenvalue weighted by Gasteiger charge is -2.10. The molecule has 0 aliphatic heterocycles. The summed E-state index contributed by atoms with van der Waals surface area (Å²) in [4.78, 5) is 22.7. The third kappa shape index (κ3) is 4.75. The molecule has 2 aromatic heterocycles. The number of aryl methyl sites for hydroxylation is 1. The maximum absolute atomic E-state index is 12.6. The first-order valence-electron chi connectivity index (χ1n) is 8.37. The number of carbonyl (C=O) groups is 1. The van der Waals surface area contributed by atoms with Crippen LogP contribution in [0.5, 0.6) is 0 Å². The Kier molecular flexibility index (Phi) is 5.84. The fourth-order valence-electron chi connectivity index (χ4n) is 2.60. The van der Waals surface area contributed by atoms with Crippen LogP contribution in [0.1, 0.15) is 16.3 Å². The molecule has 0 radical (unpaired) electrons. The summed E-state index contributed by atoms with van der Waals surface area (Å²) in [6.45, 7) is 1.67. The van der Waals surface area contributed by atoms with E-state index in [4.69, 9.17) is 0 Å². The second-order valence-corrected chi connectivity index (χ2v) is 7.04. The van der Waals surface area contributed by atoms with Crippen molar-refractivity contribution in [1.82, 2.24) is 14.8 Å². The highest BCUT2D eigenvalue weighted by atomic mass is 32.1. The van der Waals surface area contributed by atoms with E-state index in [1.165, 1.54) is 24.3 Å². The van der Waals surface area contributed by atoms with Gasteiger partial charge in [-0.25, -0.2) is 0 Å². The van der Waals surface area contributed by atoms with Crippen LogP contribution in [-0.2, 0) is 11.0 Å². The maximum Gasteiger partial charge on any atom is 0.445 e. The van der Waals surface area contributed by atoms with Crippen LogP contribution in [0.3, 0.4) is 0 Å². The van der Waals surface area contributed by atoms with Gasteiger partial charge in [0.05, 0.1) is 4.92 Å². The van der Waals surface area contributed by atoms with Crippen molar-refractivity contribution in [3.8, 4) is 11.8 Å². The number of aromatic nitrogens is 3. The quantitative estimate of drug-likeness (QED) is 0.271. The standard InChI is InChI=1S/C18H11F3N6O3S/c1-10-7-13(27(29)30)4-5-14(10)26-6-2-3-12(26)8-11(9-22)15(28)23-17-25-24-16(31-17)18(19,20)21/h2-8H,1H3,(H,23,25,28). The number of halogens is 3. The number of non-ortho nitro benzene ring substituents is 1. The summed E-state index contributed by atoms with van der Waals surface area (Å²) in [5, 5.41) is 27.0. The van der Waals surface area contributed by atoms with Gasteiger partial charge in [-0.1, -0.05) is 11.3 Å². The van der Waals surface area contributed by atoms with Gasteiger partial charge in [-0.15, -0.1) is 10.2 Å². The van der Waals surface area contributed by atoms with Crippen molar-refractivity contribution in [1.29, 1.82) is 5.26 Å². The molecule has 0 aliphatic rings. The molecule has 158 valence electrons. The molecule has 0 atom stereocenters. The molecule has 0 saturated carbocycles. The molecule has 9 nitrogen and oxygen atoms in total. The molecular formula is C18H11F3N6O3S. The molecular weight excluding hydrogens is 437 g/mol. The number of nitro groups is 1. The Labute approximate surface area is 176 Å². The van der Waals surface area contributed by atoms with E-state index in [-0.39, 0.29) is 22.6 Å². The largest absolute Gasteiger partial charge is 0.445 e. The number of hydrogen-bond donors (Lipinski definition) is 1. The van der Waals surface area contributed by atoms with Gasteiger partial charge in [0.1, 0.15) is 11.6 Å². The van der Waals surface area contributed by atoms with Crippen LogP contribution in [0.4, 0.5) is 24.0 Å². The van der Waals surface area contributed by atoms with Gasteiger partial charge in [0.15, 0.2) is 0 Å². The zero-order chi connectivity index (χ0) is 22.8. The highest BCUT2D eigenvalue weighted by Gasteiger charge is 2.35. The van der Waals surface area contributed by atoms with Crippen LogP contribution in [0.15, 0.2) is 42.1 Å². The van der Waals surface area contributed by atoms with Gasteiger partial charge in [-0.3, -0.25) is 20.2 Å². The third-order valence-corrected chi connectivity index (χ3v) is 4.86. The van der Waals surface area contributed by atoms with Crippen LogP contribution in [0.2, 0.25) is 0 Å². The molecule has 0 fully saturated rings. The zero-order valence-electron chi connectivity index (χ0n) is 15.5. The molecule has 3 rings (SSSR count). The topological polar surface area (TPSA) is 127 Å². The molecule has 0 unspecified atom stereocenters. The van der Waals surface area contributed by atoms with Gasteiger partial charge >= 0.3 is 6.18 Å². The van der Waals surface area contributed by atoms with Crippen molar-refractivity contribution in [3.05, 3.63) is 68.5 Å². The predicted molar refractivity (Wildman–Crippen MR) is 104 cm³/mol. The van der Waals surface area contributed by atoms with Crippen LogP contribution in [0, 0.1) is 28.4 Å². The van der Waals surface area contributed by atoms with Gasteiger partial charge in [-0.2, -0.15) is 18.4 Å². The van der Waals surface area contributed by atoms with E-state index in [0.717, 1.165) is 0 Å². The first kappa shape index (κ1) is 21.7. The number of carbonyl (C=O) groups excluding carboxylic acids is 1. The highest BCUT2D eigenvalue weighted by Crippen LogP contribution is 2.33. The van der Waals surface area contributed by atoms with Gasteiger partial charge in [0, 0.05) is 29.7 Å². The highest BCUT2D eigenvalue weighted by molar-refractivity contribution is 7.15. The van der Waals surface area contributed by atoms with Crippen LogP contribution < -0.4 is 5.32 Å². The van der Waals surface area contributed by atoms with E-state index in [9.17, 15) is 33.3 Å². The lowest BCUT2D eigenvalue weighted by Crippen LogP contribution is -2.13. The Bertz CT molecular complexity index is 1240. The van der Waals surface area contributed by atoms with Crippen LogP contribution in [0.25, 0.3) is 11.8 Å². The van der Waals surface area contributed by atoms with Gasteiger partial charge in [0.25, 0.3) is 11.6 Å². The average Bonchev–Trinajstić information content (AvgIpc) is 3.35. The first-order valence-corrected chi connectivity index (χ1v) is 9.18. The summed E-state index contributed by atoms with van der Waals surface area (Å²) in [5.41, 5.74) is 1.09. The number of nitro benzene ring substituents is 1.